The molecule has 1 aromatic heterocycles. The Morgan fingerprint density at radius 1 is 1.00 bits per heavy atom. The largest absolute Gasteiger partial charge is 0.493 e. The molecule has 0 unspecified atom stereocenters. The summed E-state index contributed by atoms with van der Waals surface area (Å²) in [5.41, 5.74) is 0.977. The summed E-state index contributed by atoms with van der Waals surface area (Å²) < 4.78 is 21.0. The standard InChI is InChI=1S/C14H18N2O4/c1-17-12-5-4-10(13(18-2)14(12)19-3)8-15-9-11-6-7-16-20-11/h4-7,15H,8-9H2,1-3H3. The fourth-order valence-electron chi connectivity index (χ4n) is 1.96. The average molecular weight is 278 g/mol. The van der Waals surface area contributed by atoms with Gasteiger partial charge in [-0.15, -0.1) is 0 Å². The fourth-order valence-corrected chi connectivity index (χ4v) is 1.96. The number of hydrogen-bond donors (Lipinski definition) is 1. The maximum Gasteiger partial charge on any atom is 0.203 e. The molecule has 6 heteroatoms. The second-order valence-electron chi connectivity index (χ2n) is 4.08. The van der Waals surface area contributed by atoms with Gasteiger partial charge in [0.1, 0.15) is 5.76 Å². The molecule has 1 aromatic carbocycles. The van der Waals surface area contributed by atoms with Crippen molar-refractivity contribution in [1.82, 2.24) is 10.5 Å². The van der Waals surface area contributed by atoms with E-state index in [0.29, 0.717) is 30.3 Å². The number of aromatic nitrogens is 1. The third-order valence-corrected chi connectivity index (χ3v) is 2.89. The molecule has 1 N–H and O–H groups in total. The molecular formula is C14H18N2O4. The van der Waals surface area contributed by atoms with E-state index in [1.165, 1.54) is 0 Å². The summed E-state index contributed by atoms with van der Waals surface area (Å²) in [6.45, 7) is 1.21. The van der Waals surface area contributed by atoms with E-state index in [4.69, 9.17) is 18.7 Å². The van der Waals surface area contributed by atoms with Crippen molar-refractivity contribution in [3.63, 3.8) is 0 Å². The normalized spacial score (nSPS) is 10.3. The van der Waals surface area contributed by atoms with Crippen molar-refractivity contribution in [2.24, 2.45) is 0 Å². The number of rotatable bonds is 7. The summed E-state index contributed by atoms with van der Waals surface area (Å²) in [6.07, 6.45) is 1.62. The fraction of sp³-hybridized carbons (Fsp3) is 0.357. The Morgan fingerprint density at radius 3 is 2.40 bits per heavy atom. The van der Waals surface area contributed by atoms with Crippen LogP contribution in [-0.4, -0.2) is 26.5 Å². The molecule has 0 aliphatic rings. The molecule has 0 amide bonds. The molecule has 0 aliphatic heterocycles. The lowest BCUT2D eigenvalue weighted by atomic mass is 10.1. The van der Waals surface area contributed by atoms with E-state index in [-0.39, 0.29) is 0 Å². The van der Waals surface area contributed by atoms with Crippen LogP contribution in [0.4, 0.5) is 0 Å². The molecule has 0 aliphatic carbocycles. The average Bonchev–Trinajstić information content (AvgIpc) is 2.99. The van der Waals surface area contributed by atoms with Crippen molar-refractivity contribution in [1.29, 1.82) is 0 Å². The van der Waals surface area contributed by atoms with Crippen LogP contribution in [0.2, 0.25) is 0 Å². The van der Waals surface area contributed by atoms with Crippen LogP contribution in [0.15, 0.2) is 28.9 Å². The van der Waals surface area contributed by atoms with Crippen molar-refractivity contribution in [3.8, 4) is 17.2 Å². The number of hydrogen-bond acceptors (Lipinski definition) is 6. The van der Waals surface area contributed by atoms with Gasteiger partial charge in [-0.05, 0) is 6.07 Å². The zero-order valence-corrected chi connectivity index (χ0v) is 11.8. The number of ether oxygens (including phenoxy) is 3. The first-order chi connectivity index (χ1) is 9.80. The van der Waals surface area contributed by atoms with Gasteiger partial charge in [-0.2, -0.15) is 0 Å². The number of nitrogens with zero attached hydrogens (tertiary/aromatic N) is 1. The van der Waals surface area contributed by atoms with Crippen LogP contribution in [0.5, 0.6) is 17.2 Å². The second kappa shape index (κ2) is 6.81. The quantitative estimate of drug-likeness (QED) is 0.835. The van der Waals surface area contributed by atoms with Crippen LogP contribution in [0.1, 0.15) is 11.3 Å². The van der Waals surface area contributed by atoms with E-state index in [2.05, 4.69) is 10.5 Å². The van der Waals surface area contributed by atoms with E-state index >= 15 is 0 Å². The molecule has 0 bridgehead atoms. The smallest absolute Gasteiger partial charge is 0.203 e. The Hall–Kier alpha value is -2.21. The van der Waals surface area contributed by atoms with Crippen LogP contribution in [-0.2, 0) is 13.1 Å². The first-order valence-electron chi connectivity index (χ1n) is 6.18. The highest BCUT2D eigenvalue weighted by molar-refractivity contribution is 5.55. The summed E-state index contributed by atoms with van der Waals surface area (Å²) in [6, 6.07) is 5.61. The molecule has 20 heavy (non-hydrogen) atoms. The first-order valence-corrected chi connectivity index (χ1v) is 6.18. The van der Waals surface area contributed by atoms with Gasteiger partial charge in [-0.3, -0.25) is 0 Å². The van der Waals surface area contributed by atoms with Gasteiger partial charge < -0.3 is 24.1 Å². The third kappa shape index (κ3) is 3.03. The molecule has 0 spiro atoms. The van der Waals surface area contributed by atoms with Gasteiger partial charge in [0.25, 0.3) is 0 Å². The topological polar surface area (TPSA) is 65.8 Å². The van der Waals surface area contributed by atoms with Gasteiger partial charge in [0.05, 0.1) is 34.1 Å². The van der Waals surface area contributed by atoms with Crippen LogP contribution in [0.25, 0.3) is 0 Å². The molecule has 2 aromatic rings. The van der Waals surface area contributed by atoms with Gasteiger partial charge in [-0.25, -0.2) is 0 Å². The maximum absolute atomic E-state index is 5.42. The van der Waals surface area contributed by atoms with Gasteiger partial charge in [0.15, 0.2) is 11.5 Å². The van der Waals surface area contributed by atoms with Crippen molar-refractivity contribution in [3.05, 3.63) is 35.7 Å². The Balaban J connectivity index is 2.10. The summed E-state index contributed by atoms with van der Waals surface area (Å²) in [7, 11) is 4.79. The van der Waals surface area contributed by atoms with Gasteiger partial charge in [0, 0.05) is 18.2 Å². The maximum atomic E-state index is 5.42. The Morgan fingerprint density at radius 2 is 1.80 bits per heavy atom. The van der Waals surface area contributed by atoms with Crippen molar-refractivity contribution in [2.45, 2.75) is 13.1 Å². The highest BCUT2D eigenvalue weighted by atomic mass is 16.5. The van der Waals surface area contributed by atoms with Crippen molar-refractivity contribution < 1.29 is 18.7 Å². The Labute approximate surface area is 117 Å². The molecule has 6 nitrogen and oxygen atoms in total. The lowest BCUT2D eigenvalue weighted by Crippen LogP contribution is -2.13. The minimum atomic E-state index is 0.592. The third-order valence-electron chi connectivity index (χ3n) is 2.89. The molecule has 108 valence electrons. The van der Waals surface area contributed by atoms with Crippen molar-refractivity contribution in [2.75, 3.05) is 21.3 Å². The van der Waals surface area contributed by atoms with E-state index in [1.54, 1.807) is 27.5 Å². The van der Waals surface area contributed by atoms with Crippen LogP contribution in [0.3, 0.4) is 0 Å². The summed E-state index contributed by atoms with van der Waals surface area (Å²) >= 11 is 0. The molecule has 0 saturated heterocycles. The highest BCUT2D eigenvalue weighted by Crippen LogP contribution is 2.39. The zero-order valence-electron chi connectivity index (χ0n) is 11.8. The first kappa shape index (κ1) is 14.2. The monoisotopic (exact) mass is 278 g/mol. The molecule has 1 heterocycles. The number of nitrogens with one attached hydrogen (secondary N) is 1. The predicted octanol–water partition coefficient (Wildman–Crippen LogP) is 1.99. The Kier molecular flexibility index (Phi) is 4.84. The Bertz CT molecular complexity index is 540. The van der Waals surface area contributed by atoms with Crippen LogP contribution in [0, 0.1) is 0 Å². The predicted molar refractivity (Wildman–Crippen MR) is 73.1 cm³/mol. The van der Waals surface area contributed by atoms with Crippen LogP contribution >= 0.6 is 0 Å². The lowest BCUT2D eigenvalue weighted by Gasteiger charge is -2.15. The molecule has 0 radical (unpaired) electrons. The number of benzene rings is 1. The molecule has 2 rings (SSSR count). The van der Waals surface area contributed by atoms with E-state index < -0.39 is 0 Å². The zero-order chi connectivity index (χ0) is 14.4. The van der Waals surface area contributed by atoms with Crippen LogP contribution < -0.4 is 19.5 Å². The lowest BCUT2D eigenvalue weighted by molar-refractivity contribution is 0.321. The molecule has 0 fully saturated rings. The van der Waals surface area contributed by atoms with E-state index in [1.807, 2.05) is 18.2 Å². The second-order valence-corrected chi connectivity index (χ2v) is 4.08. The molecule has 0 atom stereocenters. The van der Waals surface area contributed by atoms with E-state index in [0.717, 1.165) is 11.3 Å². The molecular weight excluding hydrogens is 260 g/mol. The van der Waals surface area contributed by atoms with Gasteiger partial charge in [0.2, 0.25) is 5.75 Å². The van der Waals surface area contributed by atoms with E-state index in [9.17, 15) is 0 Å². The van der Waals surface area contributed by atoms with Crippen molar-refractivity contribution >= 4 is 0 Å². The minimum absolute atomic E-state index is 0.592. The van der Waals surface area contributed by atoms with Gasteiger partial charge in [-0.1, -0.05) is 11.2 Å². The molecule has 0 saturated carbocycles. The summed E-state index contributed by atoms with van der Waals surface area (Å²) in [5.74, 6) is 2.68. The summed E-state index contributed by atoms with van der Waals surface area (Å²) in [4.78, 5) is 0. The summed E-state index contributed by atoms with van der Waals surface area (Å²) in [5, 5.41) is 6.91. The minimum Gasteiger partial charge on any atom is -0.493 e. The SMILES string of the molecule is COc1ccc(CNCc2ccno2)c(OC)c1OC. The highest BCUT2D eigenvalue weighted by Gasteiger charge is 2.15. The number of methoxy groups -OCH3 is 3. The van der Waals surface area contributed by atoms with Gasteiger partial charge >= 0.3 is 0 Å².